The minimum absolute atomic E-state index is 0.357. The number of fused-ring (bicyclic) bond motifs is 1. The second-order valence-corrected chi connectivity index (χ2v) is 4.53. The summed E-state index contributed by atoms with van der Waals surface area (Å²) in [5.74, 6) is -0.932. The Kier molecular flexibility index (Phi) is 3.28. The van der Waals surface area contributed by atoms with Crippen molar-refractivity contribution in [2.24, 2.45) is 0 Å². The molecule has 0 aromatic carbocycles. The summed E-state index contributed by atoms with van der Waals surface area (Å²) in [7, 11) is 2.63. The molecule has 0 radical (unpaired) electrons. The number of carbonyl (C=O) groups excluding carboxylic acids is 2. The fourth-order valence-electron chi connectivity index (χ4n) is 1.92. The van der Waals surface area contributed by atoms with Crippen molar-refractivity contribution in [1.82, 2.24) is 0 Å². The first-order valence-electron chi connectivity index (χ1n) is 5.15. The van der Waals surface area contributed by atoms with E-state index >= 15 is 0 Å². The van der Waals surface area contributed by atoms with Gasteiger partial charge < -0.3 is 9.47 Å². The third-order valence-electron chi connectivity index (χ3n) is 2.74. The molecular weight excluding hydrogens is 240 g/mol. The highest BCUT2D eigenvalue weighted by molar-refractivity contribution is 7.11. The average Bonchev–Trinajstić information content (AvgIpc) is 2.83. The van der Waals surface area contributed by atoms with Gasteiger partial charge >= 0.3 is 11.9 Å². The van der Waals surface area contributed by atoms with Crippen LogP contribution in [0.15, 0.2) is 17.0 Å². The SMILES string of the molecule is COC(=O)C1=C(C(=O)OC)c2sccc2CC1. The topological polar surface area (TPSA) is 52.6 Å². The molecule has 1 aliphatic rings. The van der Waals surface area contributed by atoms with Gasteiger partial charge in [0.2, 0.25) is 0 Å². The lowest BCUT2D eigenvalue weighted by molar-refractivity contribution is -0.138. The lowest BCUT2D eigenvalue weighted by atomic mass is 9.91. The summed E-state index contributed by atoms with van der Waals surface area (Å²) in [6.45, 7) is 0. The van der Waals surface area contributed by atoms with Gasteiger partial charge in [0, 0.05) is 4.88 Å². The molecule has 0 aliphatic heterocycles. The molecule has 90 valence electrons. The lowest BCUT2D eigenvalue weighted by Gasteiger charge is -2.17. The number of rotatable bonds is 2. The number of carbonyl (C=O) groups is 2. The van der Waals surface area contributed by atoms with E-state index in [2.05, 4.69) is 0 Å². The largest absolute Gasteiger partial charge is 0.466 e. The van der Waals surface area contributed by atoms with Gasteiger partial charge in [0.05, 0.1) is 25.4 Å². The van der Waals surface area contributed by atoms with Gasteiger partial charge in [-0.2, -0.15) is 0 Å². The molecule has 4 nitrogen and oxygen atoms in total. The van der Waals surface area contributed by atoms with Crippen molar-refractivity contribution in [2.45, 2.75) is 12.8 Å². The van der Waals surface area contributed by atoms with Gasteiger partial charge in [0.15, 0.2) is 0 Å². The Labute approximate surface area is 103 Å². The molecule has 17 heavy (non-hydrogen) atoms. The maximum atomic E-state index is 11.8. The predicted octanol–water partition coefficient (Wildman–Crippen LogP) is 1.79. The summed E-state index contributed by atoms with van der Waals surface area (Å²) in [5.41, 5.74) is 1.85. The molecule has 5 heteroatoms. The quantitative estimate of drug-likeness (QED) is 0.753. The monoisotopic (exact) mass is 252 g/mol. The highest BCUT2D eigenvalue weighted by Crippen LogP contribution is 2.36. The molecule has 0 saturated heterocycles. The Bertz CT molecular complexity index is 498. The molecule has 0 N–H and O–H groups in total. The van der Waals surface area contributed by atoms with E-state index in [1.165, 1.54) is 25.6 Å². The van der Waals surface area contributed by atoms with E-state index in [1.807, 2.05) is 11.4 Å². The lowest BCUT2D eigenvalue weighted by Crippen LogP contribution is -2.17. The van der Waals surface area contributed by atoms with Crippen molar-refractivity contribution < 1.29 is 19.1 Å². The normalized spacial score (nSPS) is 14.2. The van der Waals surface area contributed by atoms with Crippen LogP contribution in [-0.2, 0) is 25.5 Å². The van der Waals surface area contributed by atoms with Crippen LogP contribution in [0.1, 0.15) is 16.9 Å². The zero-order chi connectivity index (χ0) is 12.4. The zero-order valence-corrected chi connectivity index (χ0v) is 10.4. The Morgan fingerprint density at radius 1 is 1.18 bits per heavy atom. The predicted molar refractivity (Wildman–Crippen MR) is 63.6 cm³/mol. The van der Waals surface area contributed by atoms with Crippen molar-refractivity contribution in [1.29, 1.82) is 0 Å². The van der Waals surface area contributed by atoms with Gasteiger partial charge in [-0.1, -0.05) is 0 Å². The van der Waals surface area contributed by atoms with Crippen molar-refractivity contribution >= 4 is 28.8 Å². The Balaban J connectivity index is 2.57. The standard InChI is InChI=1S/C12H12O4S/c1-15-11(13)8-4-3-7-5-6-17-10(7)9(8)12(14)16-2/h5-6H,3-4H2,1-2H3. The van der Waals surface area contributed by atoms with Crippen LogP contribution < -0.4 is 0 Å². The molecule has 1 aromatic heterocycles. The molecular formula is C12H12O4S. The molecule has 0 amide bonds. The number of hydrogen-bond donors (Lipinski definition) is 0. The summed E-state index contributed by atoms with van der Waals surface area (Å²) in [5, 5.41) is 1.91. The van der Waals surface area contributed by atoms with Crippen molar-refractivity contribution in [2.75, 3.05) is 14.2 Å². The molecule has 0 atom stereocenters. The van der Waals surface area contributed by atoms with E-state index in [-0.39, 0.29) is 0 Å². The van der Waals surface area contributed by atoms with Crippen LogP contribution in [0.2, 0.25) is 0 Å². The Hall–Kier alpha value is -1.62. The number of thiophene rings is 1. The van der Waals surface area contributed by atoms with Gasteiger partial charge in [-0.25, -0.2) is 9.59 Å². The molecule has 0 bridgehead atoms. The van der Waals surface area contributed by atoms with E-state index in [4.69, 9.17) is 9.47 Å². The van der Waals surface area contributed by atoms with E-state index < -0.39 is 11.9 Å². The van der Waals surface area contributed by atoms with Gasteiger partial charge in [0.25, 0.3) is 0 Å². The van der Waals surface area contributed by atoms with E-state index in [1.54, 1.807) is 0 Å². The maximum absolute atomic E-state index is 11.8. The highest BCUT2D eigenvalue weighted by atomic mass is 32.1. The van der Waals surface area contributed by atoms with Gasteiger partial charge in [-0.15, -0.1) is 11.3 Å². The van der Waals surface area contributed by atoms with Crippen LogP contribution in [0.3, 0.4) is 0 Å². The maximum Gasteiger partial charge on any atom is 0.339 e. The van der Waals surface area contributed by atoms with E-state index in [0.717, 1.165) is 16.9 Å². The molecule has 0 fully saturated rings. The number of hydrogen-bond acceptors (Lipinski definition) is 5. The molecule has 0 spiro atoms. The Morgan fingerprint density at radius 2 is 1.88 bits per heavy atom. The number of methoxy groups -OCH3 is 2. The third-order valence-corrected chi connectivity index (χ3v) is 3.72. The molecule has 0 saturated carbocycles. The summed E-state index contributed by atoms with van der Waals surface area (Å²) in [4.78, 5) is 24.2. The molecule has 1 aliphatic carbocycles. The summed E-state index contributed by atoms with van der Waals surface area (Å²) in [6, 6.07) is 1.97. The van der Waals surface area contributed by atoms with Crippen LogP contribution >= 0.6 is 11.3 Å². The second-order valence-electron chi connectivity index (χ2n) is 3.61. The third kappa shape index (κ3) is 1.98. The van der Waals surface area contributed by atoms with E-state index in [0.29, 0.717) is 17.6 Å². The zero-order valence-electron chi connectivity index (χ0n) is 9.61. The molecule has 1 aromatic rings. The second kappa shape index (κ2) is 4.71. The summed E-state index contributed by atoms with van der Waals surface area (Å²) in [6.07, 6.45) is 1.27. The first-order chi connectivity index (χ1) is 8.19. The van der Waals surface area contributed by atoms with Gasteiger partial charge in [0.1, 0.15) is 0 Å². The fraction of sp³-hybridized carbons (Fsp3) is 0.333. The number of ether oxygens (including phenoxy) is 2. The average molecular weight is 252 g/mol. The number of aryl methyl sites for hydroxylation is 1. The first-order valence-corrected chi connectivity index (χ1v) is 6.03. The van der Waals surface area contributed by atoms with Crippen LogP contribution in [0, 0.1) is 0 Å². The van der Waals surface area contributed by atoms with Gasteiger partial charge in [-0.05, 0) is 29.9 Å². The first kappa shape index (κ1) is 11.9. The van der Waals surface area contributed by atoms with Crippen LogP contribution in [0.25, 0.3) is 5.57 Å². The summed E-state index contributed by atoms with van der Waals surface area (Å²) >= 11 is 1.44. The minimum Gasteiger partial charge on any atom is -0.466 e. The van der Waals surface area contributed by atoms with E-state index in [9.17, 15) is 9.59 Å². The minimum atomic E-state index is -0.478. The Morgan fingerprint density at radius 3 is 2.53 bits per heavy atom. The van der Waals surface area contributed by atoms with Crippen molar-refractivity contribution in [3.63, 3.8) is 0 Å². The van der Waals surface area contributed by atoms with Crippen LogP contribution in [0.4, 0.5) is 0 Å². The highest BCUT2D eigenvalue weighted by Gasteiger charge is 2.30. The number of esters is 2. The smallest absolute Gasteiger partial charge is 0.339 e. The van der Waals surface area contributed by atoms with Crippen LogP contribution in [0.5, 0.6) is 0 Å². The van der Waals surface area contributed by atoms with Crippen molar-refractivity contribution in [3.05, 3.63) is 27.5 Å². The van der Waals surface area contributed by atoms with Crippen molar-refractivity contribution in [3.8, 4) is 0 Å². The summed E-state index contributed by atoms with van der Waals surface area (Å²) < 4.78 is 9.45. The fourth-order valence-corrected chi connectivity index (χ4v) is 2.93. The molecule has 1 heterocycles. The van der Waals surface area contributed by atoms with Gasteiger partial charge in [-0.3, -0.25) is 0 Å². The molecule has 2 rings (SSSR count). The molecule has 0 unspecified atom stereocenters. The van der Waals surface area contributed by atoms with Crippen LogP contribution in [-0.4, -0.2) is 26.2 Å².